The smallest absolute Gasteiger partial charge is 0.417 e. The predicted molar refractivity (Wildman–Crippen MR) is 180 cm³/mol. The number of alkyl halides is 3. The van der Waals surface area contributed by atoms with Gasteiger partial charge in [-0.2, -0.15) is 18.2 Å². The van der Waals surface area contributed by atoms with E-state index < -0.39 is 52.4 Å². The average molecular weight is 708 g/mol. The average Bonchev–Trinajstić information content (AvgIpc) is 3.02. The number of carbonyl (C=O) groups excluding carboxylic acids is 1. The van der Waals surface area contributed by atoms with E-state index in [2.05, 4.69) is 16.8 Å². The van der Waals surface area contributed by atoms with E-state index in [-0.39, 0.29) is 52.9 Å². The molecule has 2 saturated heterocycles. The van der Waals surface area contributed by atoms with Crippen molar-refractivity contribution in [1.82, 2.24) is 19.4 Å². The number of halogens is 5. The number of thioether (sulfide) groups is 1. The van der Waals surface area contributed by atoms with Crippen LogP contribution in [0, 0.1) is 17.6 Å². The molecule has 0 aliphatic carbocycles. The molecule has 0 bridgehead atoms. The molecule has 2 aromatic carbocycles. The quantitative estimate of drug-likeness (QED) is 0.254. The van der Waals surface area contributed by atoms with Crippen LogP contribution in [0.25, 0.3) is 22.0 Å². The second-order valence-corrected chi connectivity index (χ2v) is 15.3. The van der Waals surface area contributed by atoms with E-state index >= 15 is 4.39 Å². The first-order valence-corrected chi connectivity index (χ1v) is 17.8. The predicted octanol–water partition coefficient (Wildman–Crippen LogP) is 7.57. The van der Waals surface area contributed by atoms with Crippen molar-refractivity contribution in [2.45, 2.75) is 82.6 Å². The van der Waals surface area contributed by atoms with Gasteiger partial charge in [0.05, 0.1) is 11.1 Å². The van der Waals surface area contributed by atoms with E-state index in [0.29, 0.717) is 24.2 Å². The van der Waals surface area contributed by atoms with E-state index in [1.54, 1.807) is 25.7 Å². The fourth-order valence-corrected chi connectivity index (χ4v) is 8.71. The Morgan fingerprint density at radius 1 is 1.06 bits per heavy atom. The topological polar surface area (TPSA) is 70.9 Å². The van der Waals surface area contributed by atoms with Gasteiger partial charge in [-0.25, -0.2) is 18.4 Å². The zero-order chi connectivity index (χ0) is 35.4. The maximum absolute atomic E-state index is 15.3. The van der Waals surface area contributed by atoms with Crippen LogP contribution in [0.15, 0.2) is 34.0 Å². The molecule has 3 aliphatic rings. The van der Waals surface area contributed by atoms with Gasteiger partial charge in [0, 0.05) is 64.9 Å². The molecule has 3 aromatic rings. The lowest BCUT2D eigenvalue weighted by Gasteiger charge is -2.41. The van der Waals surface area contributed by atoms with E-state index in [9.17, 15) is 27.2 Å². The van der Waals surface area contributed by atoms with Crippen molar-refractivity contribution in [3.63, 3.8) is 0 Å². The highest BCUT2D eigenvalue weighted by atomic mass is 32.2. The maximum Gasteiger partial charge on any atom is 0.417 e. The fourth-order valence-electron chi connectivity index (χ4n) is 7.35. The minimum absolute atomic E-state index is 0.0861. The Kier molecular flexibility index (Phi) is 9.68. The number of anilines is 1. The zero-order valence-corrected chi connectivity index (χ0v) is 29.2. The van der Waals surface area contributed by atoms with Crippen LogP contribution in [-0.4, -0.2) is 82.1 Å². The van der Waals surface area contributed by atoms with E-state index in [4.69, 9.17) is 4.74 Å². The van der Waals surface area contributed by atoms with Crippen LogP contribution < -0.4 is 10.6 Å². The summed E-state index contributed by atoms with van der Waals surface area (Å²) < 4.78 is 81.3. The van der Waals surface area contributed by atoms with Crippen molar-refractivity contribution in [3.8, 4) is 11.1 Å². The van der Waals surface area contributed by atoms with E-state index in [1.165, 1.54) is 21.2 Å². The molecule has 6 rings (SSSR count). The monoisotopic (exact) mass is 707 g/mol. The third-order valence-corrected chi connectivity index (χ3v) is 11.0. The number of benzene rings is 2. The molecule has 0 spiro atoms. The number of aromatic nitrogens is 2. The molecule has 1 aromatic heterocycles. The Balaban J connectivity index is 1.51. The van der Waals surface area contributed by atoms with Crippen molar-refractivity contribution in [2.24, 2.45) is 5.92 Å². The molecule has 8 nitrogen and oxygen atoms in total. The van der Waals surface area contributed by atoms with Crippen LogP contribution in [0.2, 0.25) is 0 Å². The van der Waals surface area contributed by atoms with Crippen molar-refractivity contribution in [2.75, 3.05) is 49.9 Å². The van der Waals surface area contributed by atoms with Crippen molar-refractivity contribution in [1.29, 1.82) is 0 Å². The first-order valence-electron chi connectivity index (χ1n) is 16.8. The SMILES string of the molecule is CCN1CCC(C[C@H]2CSc3c(-c4ccc(F)cc4F)c(C(F)(F)F)cc4c(N5CCN(C(=O)OC(C)(C)C)CC5C)nc(=O)n2c34)CC1. The van der Waals surface area contributed by atoms with E-state index in [1.807, 2.05) is 6.92 Å². The Morgan fingerprint density at radius 2 is 1.78 bits per heavy atom. The Morgan fingerprint density at radius 3 is 2.39 bits per heavy atom. The van der Waals surface area contributed by atoms with Crippen molar-refractivity contribution < 1.29 is 31.5 Å². The molecule has 0 radical (unpaired) electrons. The largest absolute Gasteiger partial charge is 0.444 e. The van der Waals surface area contributed by atoms with Gasteiger partial charge in [0.2, 0.25) is 0 Å². The number of hydrogen-bond acceptors (Lipinski definition) is 7. The van der Waals surface area contributed by atoms with Gasteiger partial charge in [0.1, 0.15) is 23.1 Å². The summed E-state index contributed by atoms with van der Waals surface area (Å²) in [5.41, 5.74) is -2.92. The third kappa shape index (κ3) is 7.13. The van der Waals surface area contributed by atoms with Gasteiger partial charge < -0.3 is 19.4 Å². The van der Waals surface area contributed by atoms with Crippen molar-refractivity contribution >= 4 is 34.6 Å². The summed E-state index contributed by atoms with van der Waals surface area (Å²) in [6, 6.07) is 2.73. The van der Waals surface area contributed by atoms with Gasteiger partial charge in [0.15, 0.2) is 0 Å². The fraction of sp³-hybridized carbons (Fsp3) is 0.571. The summed E-state index contributed by atoms with van der Waals surface area (Å²) in [6.07, 6.45) is -2.86. The van der Waals surface area contributed by atoms with Gasteiger partial charge in [0.25, 0.3) is 0 Å². The number of nitrogens with zero attached hydrogens (tertiary/aromatic N) is 5. The maximum atomic E-state index is 15.3. The summed E-state index contributed by atoms with van der Waals surface area (Å²) in [7, 11) is 0. The van der Waals surface area contributed by atoms with Crippen LogP contribution in [0.3, 0.4) is 0 Å². The molecule has 2 fully saturated rings. The lowest BCUT2D eigenvalue weighted by atomic mass is 9.90. The molecule has 0 N–H and O–H groups in total. The summed E-state index contributed by atoms with van der Waals surface area (Å²) in [4.78, 5) is 37.2. The summed E-state index contributed by atoms with van der Waals surface area (Å²) in [6.45, 7) is 12.7. The Labute approximate surface area is 286 Å². The molecule has 49 heavy (non-hydrogen) atoms. The third-order valence-electron chi connectivity index (χ3n) is 9.75. The zero-order valence-electron chi connectivity index (χ0n) is 28.4. The minimum Gasteiger partial charge on any atom is -0.444 e. The van der Waals surface area contributed by atoms with Crippen LogP contribution in [-0.2, 0) is 10.9 Å². The van der Waals surface area contributed by atoms with Gasteiger partial charge in [-0.3, -0.25) is 4.57 Å². The molecule has 2 atom stereocenters. The second-order valence-electron chi connectivity index (χ2n) is 14.3. The van der Waals surface area contributed by atoms with E-state index in [0.717, 1.165) is 50.7 Å². The molecule has 4 heterocycles. The number of hydrogen-bond donors (Lipinski definition) is 0. The summed E-state index contributed by atoms with van der Waals surface area (Å²) in [5, 5.41) is 0.128. The van der Waals surface area contributed by atoms with Crippen LogP contribution in [0.4, 0.5) is 32.6 Å². The second kappa shape index (κ2) is 13.4. The lowest BCUT2D eigenvalue weighted by molar-refractivity contribution is -0.137. The lowest BCUT2D eigenvalue weighted by Crippen LogP contribution is -2.55. The normalized spacial score (nSPS) is 21.0. The van der Waals surface area contributed by atoms with Gasteiger partial charge in [-0.15, -0.1) is 11.8 Å². The Bertz CT molecular complexity index is 1800. The number of ether oxygens (including phenoxy) is 1. The van der Waals surface area contributed by atoms with Gasteiger partial charge in [-0.1, -0.05) is 6.92 Å². The highest BCUT2D eigenvalue weighted by Crippen LogP contribution is 2.51. The molecule has 1 amide bonds. The molecule has 14 heteroatoms. The highest BCUT2D eigenvalue weighted by Gasteiger charge is 2.41. The number of piperidine rings is 1. The highest BCUT2D eigenvalue weighted by molar-refractivity contribution is 7.99. The van der Waals surface area contributed by atoms with Crippen LogP contribution in [0.5, 0.6) is 0 Å². The van der Waals surface area contributed by atoms with Crippen LogP contribution >= 0.6 is 11.8 Å². The first-order chi connectivity index (χ1) is 23.1. The molecule has 3 aliphatic heterocycles. The molecular weight excluding hydrogens is 665 g/mol. The number of carbonyl (C=O) groups is 1. The summed E-state index contributed by atoms with van der Waals surface area (Å²) in [5.74, 6) is -1.32. The Hall–Kier alpha value is -3.39. The number of rotatable bonds is 5. The molecule has 1 unspecified atom stereocenters. The van der Waals surface area contributed by atoms with Crippen molar-refractivity contribution in [3.05, 3.63) is 51.9 Å². The number of piperazine rings is 1. The van der Waals surface area contributed by atoms with Crippen LogP contribution in [0.1, 0.15) is 65.5 Å². The number of amides is 1. The standard InChI is InChI=1S/C35H42F5N5O3S/c1-6-42-11-9-21(10-12-42)15-23-19-49-30-28(24-8-7-22(36)16-27(24)37)26(35(38,39)40)17-25-29(30)45(23)32(46)41-31(25)44-14-13-43(18-20(44)2)33(47)48-34(3,4)5/h7-8,16-17,20-21,23H,6,9-15,18-19H2,1-5H3/t20?,23-/m0/s1. The number of likely N-dealkylation sites (tertiary alicyclic amines) is 1. The van der Waals surface area contributed by atoms with Gasteiger partial charge >= 0.3 is 18.0 Å². The van der Waals surface area contributed by atoms with Gasteiger partial charge in [-0.05, 0) is 90.7 Å². The first kappa shape index (κ1) is 35.4. The summed E-state index contributed by atoms with van der Waals surface area (Å²) >= 11 is 1.18. The molecular formula is C35H42F5N5O3S. The molecule has 0 saturated carbocycles. The minimum atomic E-state index is -4.91. The molecule has 266 valence electrons.